The van der Waals surface area contributed by atoms with E-state index in [0.29, 0.717) is 12.6 Å². The Morgan fingerprint density at radius 3 is 2.56 bits per heavy atom. The van der Waals surface area contributed by atoms with Crippen molar-refractivity contribution in [1.82, 2.24) is 9.97 Å². The van der Waals surface area contributed by atoms with E-state index in [0.717, 1.165) is 25.3 Å². The van der Waals surface area contributed by atoms with Gasteiger partial charge in [0.1, 0.15) is 17.2 Å². The number of benzene rings is 1. The summed E-state index contributed by atoms with van der Waals surface area (Å²) in [6.07, 6.45) is 0.0827. The van der Waals surface area contributed by atoms with Gasteiger partial charge in [0.15, 0.2) is 0 Å². The van der Waals surface area contributed by atoms with Gasteiger partial charge in [0.05, 0.1) is 11.4 Å². The smallest absolute Gasteiger partial charge is 0.351 e. The number of halogens is 3. The standard InChI is InChI=1S/C22H24F3N5O2/c1-3-19(32)28-17-9-4-5-10-18(17)29-20-16(22(23,24)25)12-26-21(30-20)27-15-8-6-7-14(11-15)13(2)31/h3-5,9-10,12,14-15H,1,6-8,11H2,2H3,(H,28,32)(H2,26,27,29,30)/t14?,15-/m0/s1. The van der Waals surface area contributed by atoms with Gasteiger partial charge in [-0.05, 0) is 44.4 Å². The van der Waals surface area contributed by atoms with E-state index in [1.165, 1.54) is 6.07 Å². The Bertz CT molecular complexity index is 1010. The van der Waals surface area contributed by atoms with E-state index in [4.69, 9.17) is 0 Å². The average molecular weight is 447 g/mol. The molecule has 0 aliphatic heterocycles. The monoisotopic (exact) mass is 447 g/mol. The second kappa shape index (κ2) is 9.80. The fourth-order valence-electron chi connectivity index (χ4n) is 3.64. The number of ketones is 1. The molecule has 0 saturated heterocycles. The molecule has 0 radical (unpaired) electrons. The first-order valence-corrected chi connectivity index (χ1v) is 10.2. The van der Waals surface area contributed by atoms with Gasteiger partial charge in [-0.1, -0.05) is 25.1 Å². The van der Waals surface area contributed by atoms with Gasteiger partial charge in [-0.25, -0.2) is 4.98 Å². The molecule has 1 amide bonds. The van der Waals surface area contributed by atoms with Gasteiger partial charge >= 0.3 is 6.18 Å². The van der Waals surface area contributed by atoms with Gasteiger partial charge in [0, 0.05) is 18.2 Å². The highest BCUT2D eigenvalue weighted by Gasteiger charge is 2.36. The van der Waals surface area contributed by atoms with E-state index in [9.17, 15) is 22.8 Å². The van der Waals surface area contributed by atoms with Gasteiger partial charge in [-0.2, -0.15) is 18.2 Å². The van der Waals surface area contributed by atoms with Crippen molar-refractivity contribution in [2.24, 2.45) is 5.92 Å². The van der Waals surface area contributed by atoms with Gasteiger partial charge in [-0.3, -0.25) is 9.59 Å². The summed E-state index contributed by atoms with van der Waals surface area (Å²) < 4.78 is 40.8. The number of hydrogen-bond donors (Lipinski definition) is 3. The van der Waals surface area contributed by atoms with E-state index in [-0.39, 0.29) is 35.1 Å². The molecule has 2 aromatic rings. The Morgan fingerprint density at radius 2 is 1.91 bits per heavy atom. The molecule has 0 spiro atoms. The Hall–Kier alpha value is -3.43. The van der Waals surface area contributed by atoms with Gasteiger partial charge in [0.2, 0.25) is 11.9 Å². The molecule has 1 unspecified atom stereocenters. The highest BCUT2D eigenvalue weighted by atomic mass is 19.4. The van der Waals surface area contributed by atoms with Crippen molar-refractivity contribution >= 4 is 34.8 Å². The zero-order chi connectivity index (χ0) is 23.3. The van der Waals surface area contributed by atoms with Crippen molar-refractivity contribution in [3.8, 4) is 0 Å². The topological polar surface area (TPSA) is 96.0 Å². The first-order chi connectivity index (χ1) is 15.2. The number of carbonyl (C=O) groups excluding carboxylic acids is 2. The molecular weight excluding hydrogens is 423 g/mol. The van der Waals surface area contributed by atoms with Crippen LogP contribution >= 0.6 is 0 Å². The maximum Gasteiger partial charge on any atom is 0.421 e. The number of Topliss-reactive ketones (excluding diaryl/α,β-unsaturated/α-hetero) is 1. The van der Waals surface area contributed by atoms with Gasteiger partial charge < -0.3 is 16.0 Å². The number of amides is 1. The number of carbonyl (C=O) groups is 2. The van der Waals surface area contributed by atoms with Crippen molar-refractivity contribution in [3.05, 3.63) is 48.7 Å². The molecule has 32 heavy (non-hydrogen) atoms. The maximum absolute atomic E-state index is 13.6. The average Bonchev–Trinajstić information content (AvgIpc) is 2.74. The molecule has 1 heterocycles. The van der Waals surface area contributed by atoms with Crippen LogP contribution in [0.4, 0.5) is 36.3 Å². The number of aromatic nitrogens is 2. The number of nitrogens with zero attached hydrogens (tertiary/aromatic N) is 2. The Kier molecular flexibility index (Phi) is 7.12. The van der Waals surface area contributed by atoms with Gasteiger partial charge in [0.25, 0.3) is 0 Å². The van der Waals surface area contributed by atoms with Crippen molar-refractivity contribution in [3.63, 3.8) is 0 Å². The highest BCUT2D eigenvalue weighted by Crippen LogP contribution is 2.36. The van der Waals surface area contributed by atoms with Crippen molar-refractivity contribution in [2.75, 3.05) is 16.0 Å². The summed E-state index contributed by atoms with van der Waals surface area (Å²) >= 11 is 0. The molecule has 3 rings (SSSR count). The summed E-state index contributed by atoms with van der Waals surface area (Å²) in [6.45, 7) is 4.92. The third kappa shape index (κ3) is 5.83. The summed E-state index contributed by atoms with van der Waals surface area (Å²) in [7, 11) is 0. The predicted molar refractivity (Wildman–Crippen MR) is 116 cm³/mol. The minimum Gasteiger partial charge on any atom is -0.351 e. The van der Waals surface area contributed by atoms with E-state index < -0.39 is 23.5 Å². The molecular formula is C22H24F3N5O2. The summed E-state index contributed by atoms with van der Waals surface area (Å²) in [5, 5.41) is 8.27. The molecule has 10 heteroatoms. The number of para-hydroxylation sites is 2. The van der Waals surface area contributed by atoms with Crippen LogP contribution < -0.4 is 16.0 Å². The van der Waals surface area contributed by atoms with Crippen molar-refractivity contribution in [1.29, 1.82) is 0 Å². The molecule has 0 bridgehead atoms. The molecule has 1 aliphatic carbocycles. The zero-order valence-electron chi connectivity index (χ0n) is 17.5. The first kappa shape index (κ1) is 23.2. The first-order valence-electron chi connectivity index (χ1n) is 10.2. The Labute approximate surface area is 183 Å². The van der Waals surface area contributed by atoms with Crippen LogP contribution in [-0.2, 0) is 15.8 Å². The second-order valence-corrected chi connectivity index (χ2v) is 7.63. The Morgan fingerprint density at radius 1 is 1.19 bits per heavy atom. The fraction of sp³-hybridized carbons (Fsp3) is 0.364. The molecule has 1 aromatic heterocycles. The molecule has 170 valence electrons. The lowest BCUT2D eigenvalue weighted by Crippen LogP contribution is -2.31. The summed E-state index contributed by atoms with van der Waals surface area (Å²) in [6, 6.07) is 6.20. The van der Waals surface area contributed by atoms with E-state index >= 15 is 0 Å². The lowest BCUT2D eigenvalue weighted by molar-refractivity contribution is -0.137. The largest absolute Gasteiger partial charge is 0.421 e. The number of anilines is 4. The summed E-state index contributed by atoms with van der Waals surface area (Å²) in [5.74, 6) is -0.895. The van der Waals surface area contributed by atoms with Gasteiger partial charge in [-0.15, -0.1) is 0 Å². The number of alkyl halides is 3. The SMILES string of the molecule is C=CC(=O)Nc1ccccc1Nc1nc(N[C@H]2CCCC(C(C)=O)C2)ncc1C(F)(F)F. The minimum absolute atomic E-state index is 0.0299. The predicted octanol–water partition coefficient (Wildman–Crippen LogP) is 4.92. The number of rotatable bonds is 7. The van der Waals surface area contributed by atoms with Crippen LogP contribution in [0.2, 0.25) is 0 Å². The van der Waals surface area contributed by atoms with Crippen LogP contribution in [0.15, 0.2) is 43.1 Å². The Balaban J connectivity index is 1.89. The van der Waals surface area contributed by atoms with Crippen molar-refractivity contribution in [2.45, 2.75) is 44.8 Å². The normalized spacial score (nSPS) is 18.5. The second-order valence-electron chi connectivity index (χ2n) is 7.63. The number of nitrogens with one attached hydrogen (secondary N) is 3. The van der Waals surface area contributed by atoms with E-state index in [1.54, 1.807) is 25.1 Å². The fourth-order valence-corrected chi connectivity index (χ4v) is 3.64. The van der Waals surface area contributed by atoms with E-state index in [2.05, 4.69) is 32.5 Å². The summed E-state index contributed by atoms with van der Waals surface area (Å²) in [5.41, 5.74) is -0.541. The zero-order valence-corrected chi connectivity index (χ0v) is 17.5. The van der Waals surface area contributed by atoms with Crippen LogP contribution in [0.25, 0.3) is 0 Å². The van der Waals surface area contributed by atoms with Crippen LogP contribution in [0.3, 0.4) is 0 Å². The quantitative estimate of drug-likeness (QED) is 0.521. The lowest BCUT2D eigenvalue weighted by Gasteiger charge is -2.28. The van der Waals surface area contributed by atoms with Crippen LogP contribution in [0.1, 0.15) is 38.2 Å². The molecule has 3 N–H and O–H groups in total. The maximum atomic E-state index is 13.6. The minimum atomic E-state index is -4.69. The van der Waals surface area contributed by atoms with Crippen LogP contribution in [0.5, 0.6) is 0 Å². The van der Waals surface area contributed by atoms with Crippen molar-refractivity contribution < 1.29 is 22.8 Å². The lowest BCUT2D eigenvalue weighted by atomic mass is 9.83. The molecule has 1 aliphatic rings. The van der Waals surface area contributed by atoms with Crippen LogP contribution in [0, 0.1) is 5.92 Å². The summed E-state index contributed by atoms with van der Waals surface area (Å²) in [4.78, 5) is 31.3. The molecule has 1 saturated carbocycles. The highest BCUT2D eigenvalue weighted by molar-refractivity contribution is 6.01. The number of hydrogen-bond acceptors (Lipinski definition) is 6. The van der Waals surface area contributed by atoms with Crippen LogP contribution in [-0.4, -0.2) is 27.7 Å². The third-order valence-electron chi connectivity index (χ3n) is 5.30. The molecule has 1 aromatic carbocycles. The van der Waals surface area contributed by atoms with E-state index in [1.807, 2.05) is 0 Å². The molecule has 2 atom stereocenters. The molecule has 7 nitrogen and oxygen atoms in total. The molecule has 1 fully saturated rings. The third-order valence-corrected chi connectivity index (χ3v) is 5.30.